The Balaban J connectivity index is 4.34. The summed E-state index contributed by atoms with van der Waals surface area (Å²) in [5, 5.41) is 0. The van der Waals surface area contributed by atoms with E-state index in [2.05, 4.69) is 0 Å². The van der Waals surface area contributed by atoms with Crippen LogP contribution in [-0.4, -0.2) is 42.8 Å². The second-order valence-electron chi connectivity index (χ2n) is 2.92. The fourth-order valence-corrected chi connectivity index (χ4v) is 3.20. The lowest BCUT2D eigenvalue weighted by Gasteiger charge is -2.26. The van der Waals surface area contributed by atoms with Gasteiger partial charge in [-0.15, -0.1) is 23.2 Å². The molecule has 0 aromatic rings. The van der Waals surface area contributed by atoms with Crippen LogP contribution in [0.2, 0.25) is 0 Å². The first-order chi connectivity index (χ1) is 7.44. The zero-order valence-electron chi connectivity index (χ0n) is 8.84. The number of rotatable bonds is 8. The van der Waals surface area contributed by atoms with Crippen molar-refractivity contribution in [2.75, 3.05) is 38.1 Å². The smallest absolute Gasteiger partial charge is 0.269 e. The lowest BCUT2D eigenvalue weighted by atomic mass is 10.6. The predicted octanol–water partition coefficient (Wildman–Crippen LogP) is 3.92. The Bertz CT molecular complexity index is 265. The standard InChI is InChI=1S/C8H14Cl4NO2P/c1-16(14,15-7-2-8(11)12)13(5-3-9)6-4-10/h2H,3-7H2,1H3. The minimum atomic E-state index is -2.89. The molecule has 0 fully saturated rings. The van der Waals surface area contributed by atoms with E-state index in [-0.39, 0.29) is 11.1 Å². The largest absolute Gasteiger partial charge is 0.313 e. The van der Waals surface area contributed by atoms with Crippen LogP contribution < -0.4 is 0 Å². The highest BCUT2D eigenvalue weighted by Gasteiger charge is 2.24. The second kappa shape index (κ2) is 9.04. The molecule has 0 radical (unpaired) electrons. The van der Waals surface area contributed by atoms with E-state index in [4.69, 9.17) is 50.9 Å². The number of hydrogen-bond acceptors (Lipinski definition) is 2. The van der Waals surface area contributed by atoms with Gasteiger partial charge in [-0.2, -0.15) is 0 Å². The highest BCUT2D eigenvalue weighted by Crippen LogP contribution is 2.46. The first-order valence-electron chi connectivity index (χ1n) is 4.54. The fourth-order valence-electron chi connectivity index (χ4n) is 0.990. The Morgan fingerprint density at radius 2 is 1.81 bits per heavy atom. The van der Waals surface area contributed by atoms with Gasteiger partial charge >= 0.3 is 0 Å². The van der Waals surface area contributed by atoms with Crippen LogP contribution in [0.25, 0.3) is 0 Å². The first-order valence-corrected chi connectivity index (χ1v) is 8.39. The van der Waals surface area contributed by atoms with Crippen LogP contribution in [-0.2, 0) is 9.09 Å². The zero-order chi connectivity index (χ0) is 12.6. The molecule has 8 heteroatoms. The van der Waals surface area contributed by atoms with Crippen LogP contribution in [0.4, 0.5) is 0 Å². The van der Waals surface area contributed by atoms with E-state index in [1.807, 2.05) is 0 Å². The Hall–Kier alpha value is 1.05. The maximum absolute atomic E-state index is 12.1. The average molecular weight is 329 g/mol. The molecular weight excluding hydrogens is 315 g/mol. The van der Waals surface area contributed by atoms with E-state index < -0.39 is 7.52 Å². The average Bonchev–Trinajstić information content (AvgIpc) is 2.16. The number of hydrogen-bond donors (Lipinski definition) is 0. The third-order valence-corrected chi connectivity index (χ3v) is 4.45. The van der Waals surface area contributed by atoms with Crippen LogP contribution in [0, 0.1) is 0 Å². The summed E-state index contributed by atoms with van der Waals surface area (Å²) in [4.78, 5) is 0. The molecule has 3 nitrogen and oxygen atoms in total. The zero-order valence-corrected chi connectivity index (χ0v) is 12.8. The molecule has 0 aliphatic rings. The molecule has 0 aliphatic heterocycles. The van der Waals surface area contributed by atoms with Gasteiger partial charge in [0.1, 0.15) is 4.49 Å². The molecule has 0 bridgehead atoms. The van der Waals surface area contributed by atoms with Gasteiger partial charge in [-0.05, 0) is 6.08 Å². The second-order valence-corrected chi connectivity index (χ2v) is 7.12. The van der Waals surface area contributed by atoms with Gasteiger partial charge in [-0.3, -0.25) is 4.57 Å². The van der Waals surface area contributed by atoms with Crippen molar-refractivity contribution in [1.82, 2.24) is 4.67 Å². The van der Waals surface area contributed by atoms with E-state index in [1.165, 1.54) is 12.7 Å². The van der Waals surface area contributed by atoms with Gasteiger partial charge < -0.3 is 4.52 Å². The normalized spacial score (nSPS) is 14.9. The van der Waals surface area contributed by atoms with Gasteiger partial charge in [-0.25, -0.2) is 4.67 Å². The summed E-state index contributed by atoms with van der Waals surface area (Å²) in [7, 11) is -2.89. The van der Waals surface area contributed by atoms with Gasteiger partial charge in [0, 0.05) is 31.5 Å². The molecule has 1 atom stereocenters. The van der Waals surface area contributed by atoms with Crippen molar-refractivity contribution in [2.24, 2.45) is 0 Å². The topological polar surface area (TPSA) is 29.5 Å². The van der Waals surface area contributed by atoms with Crippen LogP contribution in [0.3, 0.4) is 0 Å². The summed E-state index contributed by atoms with van der Waals surface area (Å²) in [6.07, 6.45) is 1.43. The van der Waals surface area contributed by atoms with Crippen molar-refractivity contribution in [1.29, 1.82) is 0 Å². The molecule has 0 rings (SSSR count). The van der Waals surface area contributed by atoms with Crippen molar-refractivity contribution in [2.45, 2.75) is 0 Å². The van der Waals surface area contributed by atoms with Crippen molar-refractivity contribution in [3.05, 3.63) is 10.6 Å². The molecule has 0 amide bonds. The van der Waals surface area contributed by atoms with E-state index in [1.54, 1.807) is 4.67 Å². The Kier molecular flexibility index (Phi) is 9.64. The third-order valence-electron chi connectivity index (χ3n) is 1.75. The van der Waals surface area contributed by atoms with Gasteiger partial charge in [0.25, 0.3) is 7.52 Å². The number of halogens is 4. The lowest BCUT2D eigenvalue weighted by molar-refractivity contribution is 0.297. The van der Waals surface area contributed by atoms with Crippen molar-refractivity contribution in [3.8, 4) is 0 Å². The van der Waals surface area contributed by atoms with Crippen molar-refractivity contribution < 1.29 is 9.09 Å². The summed E-state index contributed by atoms with van der Waals surface area (Å²) >= 11 is 22.0. The maximum Gasteiger partial charge on any atom is 0.269 e. The maximum atomic E-state index is 12.1. The molecule has 0 N–H and O–H groups in total. The minimum Gasteiger partial charge on any atom is -0.313 e. The van der Waals surface area contributed by atoms with Gasteiger partial charge in [0.2, 0.25) is 0 Å². The highest BCUT2D eigenvalue weighted by atomic mass is 35.5. The Morgan fingerprint density at radius 3 is 2.19 bits per heavy atom. The van der Waals surface area contributed by atoms with Crippen LogP contribution in [0.15, 0.2) is 10.6 Å². The summed E-state index contributed by atoms with van der Waals surface area (Å²) < 4.78 is 19.1. The fraction of sp³-hybridized carbons (Fsp3) is 0.750. The lowest BCUT2D eigenvalue weighted by Crippen LogP contribution is -2.25. The van der Waals surface area contributed by atoms with Crippen molar-refractivity contribution >= 4 is 53.9 Å². The SMILES string of the molecule is CP(=O)(OCC=C(Cl)Cl)N(CCCl)CCCl. The summed E-state index contributed by atoms with van der Waals surface area (Å²) in [5.41, 5.74) is 0. The summed E-state index contributed by atoms with van der Waals surface area (Å²) in [6, 6.07) is 0. The van der Waals surface area contributed by atoms with Gasteiger partial charge in [-0.1, -0.05) is 23.2 Å². The van der Waals surface area contributed by atoms with E-state index >= 15 is 0 Å². The predicted molar refractivity (Wildman–Crippen MR) is 72.3 cm³/mol. The molecule has 16 heavy (non-hydrogen) atoms. The van der Waals surface area contributed by atoms with Crippen LogP contribution in [0.1, 0.15) is 0 Å². The molecule has 0 aromatic heterocycles. The number of alkyl halides is 2. The molecule has 0 spiro atoms. The molecule has 1 unspecified atom stereocenters. The number of nitrogens with zero attached hydrogens (tertiary/aromatic N) is 1. The van der Waals surface area contributed by atoms with Gasteiger partial charge in [0.05, 0.1) is 6.61 Å². The Morgan fingerprint density at radius 1 is 1.31 bits per heavy atom. The summed E-state index contributed by atoms with van der Waals surface area (Å²) in [5.74, 6) is 0.731. The Labute approximate surface area is 116 Å². The monoisotopic (exact) mass is 327 g/mol. The van der Waals surface area contributed by atoms with Gasteiger partial charge in [0.15, 0.2) is 0 Å². The first kappa shape index (κ1) is 17.1. The summed E-state index contributed by atoms with van der Waals surface area (Å²) in [6.45, 7) is 2.53. The van der Waals surface area contributed by atoms with Crippen molar-refractivity contribution in [3.63, 3.8) is 0 Å². The molecular formula is C8H14Cl4NO2P. The van der Waals surface area contributed by atoms with Crippen LogP contribution in [0.5, 0.6) is 0 Å². The van der Waals surface area contributed by atoms with E-state index in [0.29, 0.717) is 24.8 Å². The third kappa shape index (κ3) is 7.39. The quantitative estimate of drug-likeness (QED) is 0.499. The highest BCUT2D eigenvalue weighted by molar-refractivity contribution is 7.55. The van der Waals surface area contributed by atoms with E-state index in [9.17, 15) is 4.57 Å². The molecule has 0 aromatic carbocycles. The molecule has 0 aliphatic carbocycles. The van der Waals surface area contributed by atoms with Crippen LogP contribution >= 0.6 is 53.9 Å². The molecule has 0 saturated heterocycles. The molecule has 0 saturated carbocycles. The molecule has 0 heterocycles. The van der Waals surface area contributed by atoms with E-state index in [0.717, 1.165) is 0 Å². The minimum absolute atomic E-state index is 0.0845. The molecule has 96 valence electrons.